The third kappa shape index (κ3) is 7.02. The van der Waals surface area contributed by atoms with Gasteiger partial charge in [0.25, 0.3) is 0 Å². The highest BCUT2D eigenvalue weighted by Crippen LogP contribution is 2.16. The van der Waals surface area contributed by atoms with Gasteiger partial charge in [-0.1, -0.05) is 26.0 Å². The monoisotopic (exact) mass is 227 g/mol. The fraction of sp³-hybridized carbons (Fsp3) is 0.846. The van der Waals surface area contributed by atoms with E-state index in [1.165, 1.54) is 43.9 Å². The van der Waals surface area contributed by atoms with Gasteiger partial charge in [-0.25, -0.2) is 0 Å². The molecule has 0 aromatic carbocycles. The number of thioether (sulfide) groups is 1. The Kier molecular flexibility index (Phi) is 7.20. The Morgan fingerprint density at radius 1 is 1.40 bits per heavy atom. The summed E-state index contributed by atoms with van der Waals surface area (Å²) >= 11 is 2.07. The second-order valence-electron chi connectivity index (χ2n) is 4.82. The number of hydrogen-bond donors (Lipinski definition) is 1. The summed E-state index contributed by atoms with van der Waals surface area (Å²) in [5, 5.41) is 3.57. The van der Waals surface area contributed by atoms with Gasteiger partial charge in [0.05, 0.1) is 0 Å². The number of hydrogen-bond acceptors (Lipinski definition) is 2. The maximum absolute atomic E-state index is 3.57. The highest BCUT2D eigenvalue weighted by molar-refractivity contribution is 7.99. The van der Waals surface area contributed by atoms with E-state index in [1.54, 1.807) is 0 Å². The Bertz CT molecular complexity index is 177. The molecule has 0 spiro atoms. The molecule has 1 aliphatic carbocycles. The minimum absolute atomic E-state index is 0.832. The molecular formula is C13H25NS. The van der Waals surface area contributed by atoms with Gasteiger partial charge < -0.3 is 5.32 Å². The van der Waals surface area contributed by atoms with Crippen LogP contribution < -0.4 is 5.32 Å². The van der Waals surface area contributed by atoms with Crippen molar-refractivity contribution >= 4 is 11.8 Å². The van der Waals surface area contributed by atoms with Crippen LogP contribution in [0, 0.1) is 11.8 Å². The summed E-state index contributed by atoms with van der Waals surface area (Å²) in [7, 11) is 0. The van der Waals surface area contributed by atoms with Gasteiger partial charge >= 0.3 is 0 Å². The largest absolute Gasteiger partial charge is 0.316 e. The fourth-order valence-corrected chi connectivity index (χ4v) is 2.74. The van der Waals surface area contributed by atoms with E-state index in [-0.39, 0.29) is 0 Å². The quantitative estimate of drug-likeness (QED) is 0.529. The van der Waals surface area contributed by atoms with E-state index in [0.717, 1.165) is 11.8 Å². The predicted octanol–water partition coefficient (Wildman–Crippen LogP) is 3.32. The normalized spacial score (nSPS) is 21.1. The Hall–Kier alpha value is 0.0500. The first-order valence-corrected chi connectivity index (χ1v) is 7.38. The van der Waals surface area contributed by atoms with E-state index in [1.807, 2.05) is 0 Å². The van der Waals surface area contributed by atoms with Crippen molar-refractivity contribution in [3.05, 3.63) is 12.2 Å². The summed E-state index contributed by atoms with van der Waals surface area (Å²) in [5.74, 6) is 4.29. The van der Waals surface area contributed by atoms with Gasteiger partial charge in [-0.2, -0.15) is 11.8 Å². The third-order valence-corrected chi connectivity index (χ3v) is 4.08. The van der Waals surface area contributed by atoms with Crippen molar-refractivity contribution in [2.45, 2.75) is 33.1 Å². The predicted molar refractivity (Wildman–Crippen MR) is 71.5 cm³/mol. The SMILES string of the molecule is CC(C)CSCCNCC1CC=CCC1. The summed E-state index contributed by atoms with van der Waals surface area (Å²) in [6.45, 7) is 6.97. The summed E-state index contributed by atoms with van der Waals surface area (Å²) in [5.41, 5.74) is 0. The molecule has 1 atom stereocenters. The van der Waals surface area contributed by atoms with Crippen LogP contribution in [-0.4, -0.2) is 24.6 Å². The molecule has 15 heavy (non-hydrogen) atoms. The molecule has 0 saturated carbocycles. The van der Waals surface area contributed by atoms with E-state index in [4.69, 9.17) is 0 Å². The van der Waals surface area contributed by atoms with Crippen LogP contribution in [0.4, 0.5) is 0 Å². The van der Waals surface area contributed by atoms with Gasteiger partial charge in [-0.3, -0.25) is 0 Å². The molecule has 0 amide bonds. The van der Waals surface area contributed by atoms with Crippen molar-refractivity contribution in [3.8, 4) is 0 Å². The smallest absolute Gasteiger partial charge is 0.00582 e. The lowest BCUT2D eigenvalue weighted by Crippen LogP contribution is -2.25. The zero-order valence-electron chi connectivity index (χ0n) is 10.2. The lowest BCUT2D eigenvalue weighted by Gasteiger charge is -2.18. The average molecular weight is 227 g/mol. The Morgan fingerprint density at radius 2 is 2.27 bits per heavy atom. The lowest BCUT2D eigenvalue weighted by atomic mass is 9.94. The van der Waals surface area contributed by atoms with Gasteiger partial charge in [-0.15, -0.1) is 0 Å². The van der Waals surface area contributed by atoms with Crippen LogP contribution in [0.15, 0.2) is 12.2 Å². The Balaban J connectivity index is 1.86. The molecule has 0 aromatic heterocycles. The first-order chi connectivity index (χ1) is 7.29. The van der Waals surface area contributed by atoms with E-state index in [0.29, 0.717) is 0 Å². The zero-order chi connectivity index (χ0) is 10.9. The van der Waals surface area contributed by atoms with Gasteiger partial charge in [0.1, 0.15) is 0 Å². The molecule has 1 N–H and O–H groups in total. The Morgan fingerprint density at radius 3 is 2.93 bits per heavy atom. The van der Waals surface area contributed by atoms with E-state index >= 15 is 0 Å². The molecule has 0 aliphatic heterocycles. The topological polar surface area (TPSA) is 12.0 Å². The van der Waals surface area contributed by atoms with E-state index < -0.39 is 0 Å². The first-order valence-electron chi connectivity index (χ1n) is 6.22. The molecule has 0 fully saturated rings. The molecule has 88 valence electrons. The average Bonchev–Trinajstić information content (AvgIpc) is 2.24. The van der Waals surface area contributed by atoms with Crippen LogP contribution in [0.5, 0.6) is 0 Å². The van der Waals surface area contributed by atoms with Crippen LogP contribution in [0.3, 0.4) is 0 Å². The molecule has 1 nitrogen and oxygen atoms in total. The minimum atomic E-state index is 0.832. The number of rotatable bonds is 7. The molecule has 0 radical (unpaired) electrons. The molecule has 0 bridgehead atoms. The third-order valence-electron chi connectivity index (χ3n) is 2.69. The standard InChI is InChI=1S/C13H25NS/c1-12(2)11-15-9-8-14-10-13-6-4-3-5-7-13/h3-4,12-14H,5-11H2,1-2H3. The van der Waals surface area contributed by atoms with E-state index in [9.17, 15) is 0 Å². The van der Waals surface area contributed by atoms with Crippen LogP contribution in [0.1, 0.15) is 33.1 Å². The van der Waals surface area contributed by atoms with Crippen molar-refractivity contribution in [1.82, 2.24) is 5.32 Å². The molecular weight excluding hydrogens is 202 g/mol. The van der Waals surface area contributed by atoms with Crippen molar-refractivity contribution < 1.29 is 0 Å². The highest BCUT2D eigenvalue weighted by atomic mass is 32.2. The van der Waals surface area contributed by atoms with E-state index in [2.05, 4.69) is 43.1 Å². The Labute approximate surface area is 99.1 Å². The maximum atomic E-state index is 3.57. The van der Waals surface area contributed by atoms with Gasteiger partial charge in [0, 0.05) is 12.3 Å². The number of nitrogens with one attached hydrogen (secondary N) is 1. The van der Waals surface area contributed by atoms with Gasteiger partial charge in [0.2, 0.25) is 0 Å². The van der Waals surface area contributed by atoms with Crippen LogP contribution in [-0.2, 0) is 0 Å². The minimum Gasteiger partial charge on any atom is -0.316 e. The lowest BCUT2D eigenvalue weighted by molar-refractivity contribution is 0.448. The van der Waals surface area contributed by atoms with Gasteiger partial charge in [-0.05, 0) is 43.4 Å². The van der Waals surface area contributed by atoms with Crippen molar-refractivity contribution in [2.75, 3.05) is 24.6 Å². The van der Waals surface area contributed by atoms with Gasteiger partial charge in [0.15, 0.2) is 0 Å². The fourth-order valence-electron chi connectivity index (χ4n) is 1.81. The number of allylic oxidation sites excluding steroid dienone is 2. The highest BCUT2D eigenvalue weighted by Gasteiger charge is 2.08. The summed E-state index contributed by atoms with van der Waals surface area (Å²) in [6, 6.07) is 0. The summed E-state index contributed by atoms with van der Waals surface area (Å²) in [4.78, 5) is 0. The maximum Gasteiger partial charge on any atom is 0.00582 e. The molecule has 2 heteroatoms. The van der Waals surface area contributed by atoms with Crippen molar-refractivity contribution in [1.29, 1.82) is 0 Å². The summed E-state index contributed by atoms with van der Waals surface area (Å²) in [6.07, 6.45) is 8.60. The molecule has 1 aliphatic rings. The van der Waals surface area contributed by atoms with Crippen LogP contribution in [0.25, 0.3) is 0 Å². The van der Waals surface area contributed by atoms with Crippen molar-refractivity contribution in [2.24, 2.45) is 11.8 Å². The molecule has 0 saturated heterocycles. The first kappa shape index (κ1) is 13.1. The second kappa shape index (κ2) is 8.23. The zero-order valence-corrected chi connectivity index (χ0v) is 11.0. The second-order valence-corrected chi connectivity index (χ2v) is 5.97. The molecule has 1 rings (SSSR count). The van der Waals surface area contributed by atoms with Crippen LogP contribution >= 0.6 is 11.8 Å². The molecule has 0 aromatic rings. The molecule has 0 heterocycles. The summed E-state index contributed by atoms with van der Waals surface area (Å²) < 4.78 is 0. The van der Waals surface area contributed by atoms with Crippen molar-refractivity contribution in [3.63, 3.8) is 0 Å². The van der Waals surface area contributed by atoms with Crippen LogP contribution in [0.2, 0.25) is 0 Å². The molecule has 1 unspecified atom stereocenters.